The van der Waals surface area contributed by atoms with Crippen LogP contribution in [0.5, 0.6) is 5.75 Å². The summed E-state index contributed by atoms with van der Waals surface area (Å²) in [4.78, 5) is 0. The summed E-state index contributed by atoms with van der Waals surface area (Å²) in [5.74, 6) is -1.69. The van der Waals surface area contributed by atoms with Gasteiger partial charge in [-0.15, -0.1) is 0 Å². The Hall–Kier alpha value is -2.11. The van der Waals surface area contributed by atoms with Crippen LogP contribution in [0.15, 0.2) is 30.3 Å². The Morgan fingerprint density at radius 2 is 1.56 bits per heavy atom. The maximum atomic E-state index is 15.0. The van der Waals surface area contributed by atoms with Crippen molar-refractivity contribution in [3.05, 3.63) is 53.3 Å². The maximum absolute atomic E-state index is 15.0. The van der Waals surface area contributed by atoms with Crippen molar-refractivity contribution in [2.45, 2.75) is 83.7 Å². The third-order valence-corrected chi connectivity index (χ3v) is 7.92. The average Bonchev–Trinajstić information content (AvgIpc) is 2.81. The second-order valence-corrected chi connectivity index (χ2v) is 10.1. The van der Waals surface area contributed by atoms with E-state index in [1.165, 1.54) is 63.5 Å². The monoisotopic (exact) mass is 480 g/mol. The molecule has 0 saturated heterocycles. The number of hydrogen-bond acceptors (Lipinski definition) is 1. The van der Waals surface area contributed by atoms with Crippen LogP contribution in [-0.4, -0.2) is 6.61 Å². The van der Waals surface area contributed by atoms with Gasteiger partial charge >= 0.3 is 6.61 Å². The van der Waals surface area contributed by atoms with Crippen molar-refractivity contribution < 1.29 is 26.7 Å². The van der Waals surface area contributed by atoms with Crippen LogP contribution in [0.3, 0.4) is 0 Å². The second kappa shape index (κ2) is 11.1. The first-order valence-electron chi connectivity index (χ1n) is 12.6. The first-order valence-corrected chi connectivity index (χ1v) is 12.6. The molecule has 34 heavy (non-hydrogen) atoms. The van der Waals surface area contributed by atoms with Gasteiger partial charge in [0.2, 0.25) is 0 Å². The number of unbranched alkanes of at least 4 members (excludes halogenated alkanes) is 2. The fourth-order valence-corrected chi connectivity index (χ4v) is 6.17. The molecule has 2 saturated carbocycles. The van der Waals surface area contributed by atoms with Crippen LogP contribution in [0.2, 0.25) is 0 Å². The molecule has 4 rings (SSSR count). The first-order chi connectivity index (χ1) is 16.4. The second-order valence-electron chi connectivity index (χ2n) is 10.1. The minimum Gasteiger partial charge on any atom is -0.429 e. The number of ether oxygens (including phenoxy) is 1. The Bertz CT molecular complexity index is 952. The summed E-state index contributed by atoms with van der Waals surface area (Å²) in [7, 11) is 0. The van der Waals surface area contributed by atoms with Crippen molar-refractivity contribution in [2.24, 2.45) is 17.8 Å². The van der Waals surface area contributed by atoms with Crippen LogP contribution >= 0.6 is 0 Å². The molecular formula is C28H33F5O. The molecule has 0 heterocycles. The van der Waals surface area contributed by atoms with Gasteiger partial charge in [-0.25, -0.2) is 13.2 Å². The molecule has 186 valence electrons. The molecular weight excluding hydrogens is 447 g/mol. The van der Waals surface area contributed by atoms with Gasteiger partial charge in [-0.3, -0.25) is 0 Å². The van der Waals surface area contributed by atoms with Crippen molar-refractivity contribution in [3.63, 3.8) is 0 Å². The van der Waals surface area contributed by atoms with Crippen LogP contribution in [0.25, 0.3) is 11.1 Å². The summed E-state index contributed by atoms with van der Waals surface area (Å²) >= 11 is 0. The lowest BCUT2D eigenvalue weighted by molar-refractivity contribution is -0.0546. The number of benzene rings is 2. The normalized spacial score (nSPS) is 24.8. The zero-order chi connectivity index (χ0) is 24.2. The van der Waals surface area contributed by atoms with Crippen LogP contribution in [-0.2, 0) is 0 Å². The van der Waals surface area contributed by atoms with Crippen LogP contribution in [0.1, 0.15) is 82.6 Å². The molecule has 2 fully saturated rings. The Morgan fingerprint density at radius 1 is 0.853 bits per heavy atom. The largest absolute Gasteiger partial charge is 0.429 e. The van der Waals surface area contributed by atoms with Crippen LogP contribution < -0.4 is 4.74 Å². The van der Waals surface area contributed by atoms with E-state index in [0.29, 0.717) is 5.92 Å². The molecule has 0 spiro atoms. The first kappa shape index (κ1) is 25.0. The molecule has 2 aliphatic rings. The molecule has 2 aliphatic carbocycles. The summed E-state index contributed by atoms with van der Waals surface area (Å²) in [6, 6.07) is 6.48. The highest BCUT2D eigenvalue weighted by Crippen LogP contribution is 2.48. The molecule has 0 N–H and O–H groups in total. The van der Waals surface area contributed by atoms with E-state index in [-0.39, 0.29) is 17.0 Å². The van der Waals surface area contributed by atoms with E-state index in [2.05, 4.69) is 11.7 Å². The number of rotatable bonds is 8. The van der Waals surface area contributed by atoms with E-state index in [1.807, 2.05) is 6.07 Å². The fourth-order valence-electron chi connectivity index (χ4n) is 6.17. The Morgan fingerprint density at radius 3 is 2.24 bits per heavy atom. The SMILES string of the molecule is CCCCCC1CC[C@@H]2C[C@H](c3ccc(-c4cc(F)c(OC(F)F)c(F)c4)c(F)c3)CC[C@@H]2C1. The topological polar surface area (TPSA) is 9.23 Å². The summed E-state index contributed by atoms with van der Waals surface area (Å²) in [6.07, 6.45) is 12.4. The molecule has 4 atom stereocenters. The highest BCUT2D eigenvalue weighted by atomic mass is 19.3. The van der Waals surface area contributed by atoms with E-state index in [4.69, 9.17) is 0 Å². The lowest BCUT2D eigenvalue weighted by Crippen LogP contribution is -2.30. The quantitative estimate of drug-likeness (QED) is 0.270. The summed E-state index contributed by atoms with van der Waals surface area (Å²) in [5, 5.41) is 0. The van der Waals surface area contributed by atoms with Crippen molar-refractivity contribution >= 4 is 0 Å². The lowest BCUT2D eigenvalue weighted by Gasteiger charge is -2.42. The van der Waals surface area contributed by atoms with E-state index in [9.17, 15) is 17.6 Å². The molecule has 2 aromatic rings. The number of alkyl halides is 2. The zero-order valence-corrected chi connectivity index (χ0v) is 19.6. The van der Waals surface area contributed by atoms with E-state index >= 15 is 4.39 Å². The molecule has 1 unspecified atom stereocenters. The minimum atomic E-state index is -3.35. The van der Waals surface area contributed by atoms with Gasteiger partial charge in [-0.05, 0) is 85.1 Å². The Labute approximate surface area is 198 Å². The standard InChI is InChI=1S/C28H33F5O/c1-2-3-4-5-17-6-7-19-13-20(9-8-18(19)12-17)21-10-11-23(24(29)14-21)22-15-25(30)27(26(31)16-22)34-28(32)33/h10-11,14-20,28H,2-9,12-13H2,1H3/t17?,18-,19-,20-/m1/s1. The van der Waals surface area contributed by atoms with Gasteiger partial charge in [-0.2, -0.15) is 8.78 Å². The van der Waals surface area contributed by atoms with Gasteiger partial charge < -0.3 is 4.74 Å². The Kier molecular flexibility index (Phi) is 8.15. The molecule has 2 aromatic carbocycles. The molecule has 0 bridgehead atoms. The van der Waals surface area contributed by atoms with E-state index in [0.717, 1.165) is 42.4 Å². The van der Waals surface area contributed by atoms with Crippen molar-refractivity contribution in [2.75, 3.05) is 0 Å². The third-order valence-electron chi connectivity index (χ3n) is 7.92. The van der Waals surface area contributed by atoms with Gasteiger partial charge in [-0.1, -0.05) is 51.2 Å². The Balaban J connectivity index is 1.43. The van der Waals surface area contributed by atoms with Gasteiger partial charge in [0, 0.05) is 5.56 Å². The maximum Gasteiger partial charge on any atom is 0.387 e. The molecule has 1 nitrogen and oxygen atoms in total. The number of fused-ring (bicyclic) bond motifs is 1. The fraction of sp³-hybridized carbons (Fsp3) is 0.571. The lowest BCUT2D eigenvalue weighted by atomic mass is 9.63. The van der Waals surface area contributed by atoms with Crippen LogP contribution in [0, 0.1) is 35.2 Å². The molecule has 0 amide bonds. The van der Waals surface area contributed by atoms with Gasteiger partial charge in [0.15, 0.2) is 17.4 Å². The van der Waals surface area contributed by atoms with Crippen molar-refractivity contribution in [1.29, 1.82) is 0 Å². The zero-order valence-electron chi connectivity index (χ0n) is 19.6. The van der Waals surface area contributed by atoms with E-state index < -0.39 is 29.8 Å². The van der Waals surface area contributed by atoms with E-state index in [1.54, 1.807) is 0 Å². The number of hydrogen-bond donors (Lipinski definition) is 0. The van der Waals surface area contributed by atoms with Gasteiger partial charge in [0.05, 0.1) is 0 Å². The van der Waals surface area contributed by atoms with Crippen LogP contribution in [0.4, 0.5) is 22.0 Å². The summed E-state index contributed by atoms with van der Waals surface area (Å²) in [5.41, 5.74) is 0.903. The molecule has 0 aliphatic heterocycles. The number of halogens is 5. The average molecular weight is 481 g/mol. The molecule has 0 radical (unpaired) electrons. The third kappa shape index (κ3) is 5.75. The molecule has 0 aromatic heterocycles. The summed E-state index contributed by atoms with van der Waals surface area (Å²) in [6.45, 7) is -1.11. The predicted molar refractivity (Wildman–Crippen MR) is 123 cm³/mol. The van der Waals surface area contributed by atoms with Crippen molar-refractivity contribution in [1.82, 2.24) is 0 Å². The van der Waals surface area contributed by atoms with Crippen molar-refractivity contribution in [3.8, 4) is 16.9 Å². The van der Waals surface area contributed by atoms with Gasteiger partial charge in [0.1, 0.15) is 5.82 Å². The highest BCUT2D eigenvalue weighted by molar-refractivity contribution is 5.66. The smallest absolute Gasteiger partial charge is 0.387 e. The van der Waals surface area contributed by atoms with Gasteiger partial charge in [0.25, 0.3) is 0 Å². The molecule has 6 heteroatoms. The summed E-state index contributed by atoms with van der Waals surface area (Å²) < 4.78 is 71.8. The predicted octanol–water partition coefficient (Wildman–Crippen LogP) is 9.25. The highest BCUT2D eigenvalue weighted by Gasteiger charge is 2.36. The minimum absolute atomic E-state index is 0.0337.